The van der Waals surface area contributed by atoms with Crippen LogP contribution in [-0.4, -0.2) is 46.2 Å². The molecule has 2 N–H and O–H groups in total. The van der Waals surface area contributed by atoms with Gasteiger partial charge in [0.15, 0.2) is 0 Å². The number of alkyl halides is 4. The predicted molar refractivity (Wildman–Crippen MR) is 62.5 cm³/mol. The smallest absolute Gasteiger partial charge is 0.406 e. The average Bonchev–Trinajstić information content (AvgIpc) is 2.26. The number of carbonyl (C=O) groups is 1. The van der Waals surface area contributed by atoms with Gasteiger partial charge in [-0.1, -0.05) is 6.07 Å². The third-order valence-corrected chi connectivity index (χ3v) is 2.42. The fourth-order valence-electron chi connectivity index (χ4n) is 1.48. The minimum atomic E-state index is -4.60. The maximum absolute atomic E-state index is 12.3. The molecule has 0 aromatic heterocycles. The van der Waals surface area contributed by atoms with Crippen LogP contribution in [0.2, 0.25) is 0 Å². The molecule has 19 heavy (non-hydrogen) atoms. The first kappa shape index (κ1) is 15.4. The van der Waals surface area contributed by atoms with Crippen LogP contribution in [0.3, 0.4) is 0 Å². The van der Waals surface area contributed by atoms with Gasteiger partial charge in [0, 0.05) is 12.4 Å². The summed E-state index contributed by atoms with van der Waals surface area (Å²) in [6, 6.07) is 3.45. The number of benzene rings is 1. The predicted octanol–water partition coefficient (Wildman–Crippen LogP) is 2.34. The van der Waals surface area contributed by atoms with Crippen molar-refractivity contribution in [1.82, 2.24) is 4.90 Å². The van der Waals surface area contributed by atoms with Crippen molar-refractivity contribution in [2.24, 2.45) is 0 Å². The number of hydrogen-bond acceptors (Lipinski definition) is 3. The van der Waals surface area contributed by atoms with Crippen molar-refractivity contribution < 1.29 is 28.2 Å². The van der Waals surface area contributed by atoms with Gasteiger partial charge in [0.2, 0.25) is 0 Å². The molecule has 8 heteroatoms. The summed E-state index contributed by atoms with van der Waals surface area (Å²) in [6.07, 6.45) is -4.60. The highest BCUT2D eigenvalue weighted by Gasteiger charge is 2.34. The Kier molecular flexibility index (Phi) is 4.88. The van der Waals surface area contributed by atoms with E-state index in [0.717, 1.165) is 12.1 Å². The third-order valence-electron chi connectivity index (χ3n) is 2.25. The van der Waals surface area contributed by atoms with Crippen molar-refractivity contribution in [2.75, 3.05) is 19.0 Å². The maximum Gasteiger partial charge on any atom is 0.406 e. The number of halogens is 4. The van der Waals surface area contributed by atoms with Crippen molar-refractivity contribution >= 4 is 17.5 Å². The molecule has 0 aliphatic carbocycles. The number of phenols is 2. The molecule has 1 aromatic carbocycles. The summed E-state index contributed by atoms with van der Waals surface area (Å²) in [4.78, 5) is 12.3. The molecule has 0 unspecified atom stereocenters. The number of nitrogens with zero attached hydrogens (tertiary/aromatic N) is 1. The lowest BCUT2D eigenvalue weighted by molar-refractivity contribution is -0.140. The first-order chi connectivity index (χ1) is 8.76. The second-order valence-corrected chi connectivity index (χ2v) is 4.08. The van der Waals surface area contributed by atoms with Gasteiger partial charge in [-0.3, -0.25) is 4.79 Å². The van der Waals surface area contributed by atoms with Crippen LogP contribution in [0.15, 0.2) is 18.2 Å². The Morgan fingerprint density at radius 3 is 2.21 bits per heavy atom. The Labute approximate surface area is 112 Å². The van der Waals surface area contributed by atoms with E-state index in [1.165, 1.54) is 6.07 Å². The molecule has 0 fully saturated rings. The van der Waals surface area contributed by atoms with E-state index in [2.05, 4.69) is 0 Å². The van der Waals surface area contributed by atoms with Crippen molar-refractivity contribution in [3.8, 4) is 11.5 Å². The molecular weight excluding hydrogens is 287 g/mol. The summed E-state index contributed by atoms with van der Waals surface area (Å²) in [5.41, 5.74) is -0.572. The van der Waals surface area contributed by atoms with E-state index in [9.17, 15) is 28.2 Å². The van der Waals surface area contributed by atoms with Gasteiger partial charge in [0.1, 0.15) is 23.6 Å². The lowest BCUT2D eigenvalue weighted by Crippen LogP contribution is -2.40. The van der Waals surface area contributed by atoms with Crippen LogP contribution in [0.4, 0.5) is 13.2 Å². The molecule has 0 aliphatic rings. The Morgan fingerprint density at radius 2 is 1.79 bits per heavy atom. The topological polar surface area (TPSA) is 60.8 Å². The number of hydrogen-bond donors (Lipinski definition) is 2. The first-order valence-electron chi connectivity index (χ1n) is 5.19. The van der Waals surface area contributed by atoms with Crippen LogP contribution in [0, 0.1) is 0 Å². The third kappa shape index (κ3) is 4.20. The van der Waals surface area contributed by atoms with Gasteiger partial charge in [0.25, 0.3) is 5.91 Å². The number of phenolic OH excluding ortho intramolecular Hbond substituents is 2. The van der Waals surface area contributed by atoms with E-state index >= 15 is 0 Å². The Hall–Kier alpha value is -1.63. The normalized spacial score (nSPS) is 11.4. The zero-order valence-corrected chi connectivity index (χ0v) is 10.4. The van der Waals surface area contributed by atoms with Crippen molar-refractivity contribution in [3.05, 3.63) is 23.8 Å². The Bertz CT molecular complexity index is 445. The van der Waals surface area contributed by atoms with Gasteiger partial charge in [-0.05, 0) is 12.1 Å². The van der Waals surface area contributed by atoms with Crippen LogP contribution in [0.5, 0.6) is 11.5 Å². The highest BCUT2D eigenvalue weighted by molar-refractivity contribution is 6.18. The fraction of sp³-hybridized carbons (Fsp3) is 0.364. The number of carbonyl (C=O) groups excluding carboxylic acids is 1. The van der Waals surface area contributed by atoms with E-state index in [0.29, 0.717) is 4.90 Å². The molecule has 0 bridgehead atoms. The van der Waals surface area contributed by atoms with Gasteiger partial charge in [-0.25, -0.2) is 0 Å². The molecule has 0 saturated carbocycles. The van der Waals surface area contributed by atoms with Crippen LogP contribution < -0.4 is 0 Å². The maximum atomic E-state index is 12.3. The summed E-state index contributed by atoms with van der Waals surface area (Å²) in [5, 5.41) is 18.9. The zero-order valence-electron chi connectivity index (χ0n) is 9.62. The fourth-order valence-corrected chi connectivity index (χ4v) is 1.68. The summed E-state index contributed by atoms with van der Waals surface area (Å²) in [7, 11) is 0. The second kappa shape index (κ2) is 6.01. The summed E-state index contributed by atoms with van der Waals surface area (Å²) in [6.45, 7) is -1.86. The molecular formula is C11H11ClF3NO3. The number of aromatic hydroxyl groups is 2. The van der Waals surface area contributed by atoms with Gasteiger partial charge in [-0.2, -0.15) is 13.2 Å². The molecule has 0 heterocycles. The van der Waals surface area contributed by atoms with Gasteiger partial charge >= 0.3 is 6.18 Å². The Balaban J connectivity index is 3.06. The van der Waals surface area contributed by atoms with Gasteiger partial charge in [-0.15, -0.1) is 11.6 Å². The summed E-state index contributed by atoms with van der Waals surface area (Å²) in [5.74, 6) is -2.51. The monoisotopic (exact) mass is 297 g/mol. The van der Waals surface area contributed by atoms with E-state index in [4.69, 9.17) is 11.6 Å². The zero-order chi connectivity index (χ0) is 14.6. The minimum Gasteiger partial charge on any atom is -0.507 e. The largest absolute Gasteiger partial charge is 0.507 e. The van der Waals surface area contributed by atoms with E-state index in [1.807, 2.05) is 0 Å². The molecule has 4 nitrogen and oxygen atoms in total. The second-order valence-electron chi connectivity index (χ2n) is 3.70. The molecule has 0 atom stereocenters. The van der Waals surface area contributed by atoms with E-state index < -0.39 is 35.7 Å². The molecule has 1 aromatic rings. The molecule has 1 rings (SSSR count). The van der Waals surface area contributed by atoms with Crippen LogP contribution in [0.1, 0.15) is 10.4 Å². The van der Waals surface area contributed by atoms with Gasteiger partial charge < -0.3 is 15.1 Å². The standard InChI is InChI=1S/C11H11ClF3NO3/c12-4-5-16(6-11(13,14)15)10(19)9-7(17)2-1-3-8(9)18/h1-3,17-18H,4-6H2. The van der Waals surface area contributed by atoms with Gasteiger partial charge in [0.05, 0.1) is 0 Å². The highest BCUT2D eigenvalue weighted by Crippen LogP contribution is 2.28. The average molecular weight is 298 g/mol. The molecule has 0 radical (unpaired) electrons. The molecule has 1 amide bonds. The van der Waals surface area contributed by atoms with E-state index in [-0.39, 0.29) is 12.4 Å². The lowest BCUT2D eigenvalue weighted by Gasteiger charge is -2.23. The Morgan fingerprint density at radius 1 is 1.26 bits per heavy atom. The molecule has 0 saturated heterocycles. The van der Waals surface area contributed by atoms with Crippen molar-refractivity contribution in [3.63, 3.8) is 0 Å². The quantitative estimate of drug-likeness (QED) is 0.839. The lowest BCUT2D eigenvalue weighted by atomic mass is 10.1. The molecule has 106 valence electrons. The molecule has 0 spiro atoms. The van der Waals surface area contributed by atoms with Crippen molar-refractivity contribution in [1.29, 1.82) is 0 Å². The number of amides is 1. The van der Waals surface area contributed by atoms with Crippen LogP contribution >= 0.6 is 11.6 Å². The first-order valence-corrected chi connectivity index (χ1v) is 5.72. The number of rotatable bonds is 4. The van der Waals surface area contributed by atoms with Crippen LogP contribution in [-0.2, 0) is 0 Å². The minimum absolute atomic E-state index is 0.198. The van der Waals surface area contributed by atoms with Crippen molar-refractivity contribution in [2.45, 2.75) is 6.18 Å². The van der Waals surface area contributed by atoms with Crippen LogP contribution in [0.25, 0.3) is 0 Å². The van der Waals surface area contributed by atoms with E-state index in [1.54, 1.807) is 0 Å². The SMILES string of the molecule is O=C(c1c(O)cccc1O)N(CCCl)CC(F)(F)F. The summed E-state index contributed by atoms with van der Waals surface area (Å²) >= 11 is 5.35. The highest BCUT2D eigenvalue weighted by atomic mass is 35.5. The summed E-state index contributed by atoms with van der Waals surface area (Å²) < 4.78 is 37.0. The molecule has 0 aliphatic heterocycles.